The summed E-state index contributed by atoms with van der Waals surface area (Å²) >= 11 is 0. The predicted octanol–water partition coefficient (Wildman–Crippen LogP) is 7.30. The Kier molecular flexibility index (Phi) is 10.3. The first-order valence-corrected chi connectivity index (χ1v) is 17.6. The van der Waals surface area contributed by atoms with Gasteiger partial charge < -0.3 is 20.0 Å². The summed E-state index contributed by atoms with van der Waals surface area (Å²) in [5.41, 5.74) is 8.77. The molecule has 0 aliphatic carbocycles. The number of aromatic nitrogens is 3. The summed E-state index contributed by atoms with van der Waals surface area (Å²) in [6.07, 6.45) is 8.07. The fourth-order valence-corrected chi connectivity index (χ4v) is 6.84. The smallest absolute Gasteiger partial charge is 0.293 e. The molecule has 48 heavy (non-hydrogen) atoms. The molecule has 3 aliphatic heterocycles. The molecule has 0 amide bonds. The normalized spacial score (nSPS) is 18.5. The number of anilines is 6. The van der Waals surface area contributed by atoms with Crippen LogP contribution in [0.15, 0.2) is 35.4 Å². The van der Waals surface area contributed by atoms with Crippen LogP contribution >= 0.6 is 0 Å². The van der Waals surface area contributed by atoms with Gasteiger partial charge in [-0.05, 0) is 93.4 Å². The number of hydrazone groups is 1. The number of nitro benzene ring substituents is 1. The number of hydrogen-bond acceptors (Lipinski definition) is 11. The minimum absolute atomic E-state index is 0.113. The van der Waals surface area contributed by atoms with Gasteiger partial charge in [0.25, 0.3) is 5.69 Å². The number of nitrogens with one attached hydrogen (secondary N) is 2. The van der Waals surface area contributed by atoms with Gasteiger partial charge in [-0.1, -0.05) is 32.9 Å². The molecule has 4 heterocycles. The maximum Gasteiger partial charge on any atom is 0.293 e. The number of benzene rings is 2. The SMILES string of the molecule is Cc1cccc(Nc2nc(N/N=C\c3cc([N+](=O)[O-])c(N4CCC(C)CC4)cc3N3CCC(C)CC3)nc(N3CCC(C)CC3)n2)c1C. The quantitative estimate of drug-likeness (QED) is 0.138. The number of rotatable bonds is 9. The molecule has 256 valence electrons. The average molecular weight is 655 g/mol. The highest BCUT2D eigenvalue weighted by Gasteiger charge is 2.28. The van der Waals surface area contributed by atoms with Crippen LogP contribution in [-0.2, 0) is 0 Å². The lowest BCUT2D eigenvalue weighted by Gasteiger charge is -2.35. The van der Waals surface area contributed by atoms with Gasteiger partial charge in [0, 0.05) is 62.3 Å². The Hall–Kier alpha value is -4.48. The van der Waals surface area contributed by atoms with Crippen molar-refractivity contribution in [3.8, 4) is 0 Å². The summed E-state index contributed by atoms with van der Waals surface area (Å²) < 4.78 is 0. The second-order valence-corrected chi connectivity index (χ2v) is 14.2. The van der Waals surface area contributed by atoms with Crippen LogP contribution in [0.3, 0.4) is 0 Å². The summed E-state index contributed by atoms with van der Waals surface area (Å²) in [5.74, 6) is 3.31. The van der Waals surface area contributed by atoms with Crippen molar-refractivity contribution in [2.75, 3.05) is 64.7 Å². The van der Waals surface area contributed by atoms with Gasteiger partial charge in [0.1, 0.15) is 5.69 Å². The highest BCUT2D eigenvalue weighted by molar-refractivity contribution is 5.92. The number of nitro groups is 1. The second kappa shape index (κ2) is 14.7. The lowest BCUT2D eigenvalue weighted by atomic mass is 9.96. The topological polar surface area (TPSA) is 128 Å². The molecule has 3 saturated heterocycles. The van der Waals surface area contributed by atoms with Crippen molar-refractivity contribution < 1.29 is 4.92 Å². The number of aryl methyl sites for hydroxylation is 1. The van der Waals surface area contributed by atoms with Crippen LogP contribution in [0, 0.1) is 41.7 Å². The van der Waals surface area contributed by atoms with Gasteiger partial charge in [-0.3, -0.25) is 10.1 Å². The highest BCUT2D eigenvalue weighted by Crippen LogP contribution is 2.38. The monoisotopic (exact) mass is 654 g/mol. The molecule has 0 spiro atoms. The lowest BCUT2D eigenvalue weighted by Crippen LogP contribution is -2.35. The van der Waals surface area contributed by atoms with E-state index in [4.69, 9.17) is 9.97 Å². The molecule has 0 radical (unpaired) electrons. The molecule has 1 aromatic heterocycles. The van der Waals surface area contributed by atoms with Crippen molar-refractivity contribution in [1.82, 2.24) is 15.0 Å². The molecule has 3 aliphatic rings. The molecular weight excluding hydrogens is 604 g/mol. The van der Waals surface area contributed by atoms with E-state index in [0.717, 1.165) is 94.7 Å². The fraction of sp³-hybridized carbons (Fsp3) is 0.556. The van der Waals surface area contributed by atoms with Crippen LogP contribution in [0.1, 0.15) is 76.0 Å². The van der Waals surface area contributed by atoms with Crippen molar-refractivity contribution in [2.24, 2.45) is 22.9 Å². The Balaban J connectivity index is 1.32. The fourth-order valence-electron chi connectivity index (χ4n) is 6.84. The molecule has 2 aromatic carbocycles. The Morgan fingerprint density at radius 1 is 0.792 bits per heavy atom. The van der Waals surface area contributed by atoms with E-state index in [0.29, 0.717) is 46.8 Å². The Morgan fingerprint density at radius 2 is 1.35 bits per heavy atom. The molecule has 0 saturated carbocycles. The van der Waals surface area contributed by atoms with Crippen molar-refractivity contribution in [2.45, 2.75) is 73.1 Å². The summed E-state index contributed by atoms with van der Waals surface area (Å²) in [6.45, 7) is 16.2. The Bertz CT molecular complexity index is 1620. The largest absolute Gasteiger partial charge is 0.371 e. The first-order valence-electron chi connectivity index (χ1n) is 17.6. The van der Waals surface area contributed by atoms with E-state index in [1.54, 1.807) is 12.3 Å². The van der Waals surface area contributed by atoms with Crippen LogP contribution in [0.5, 0.6) is 0 Å². The molecule has 12 nitrogen and oxygen atoms in total. The van der Waals surface area contributed by atoms with Crippen LogP contribution in [0.2, 0.25) is 0 Å². The van der Waals surface area contributed by atoms with Gasteiger partial charge >= 0.3 is 0 Å². The zero-order chi connectivity index (χ0) is 33.8. The Morgan fingerprint density at radius 3 is 1.96 bits per heavy atom. The van der Waals surface area contributed by atoms with E-state index in [1.807, 2.05) is 18.2 Å². The third-order valence-corrected chi connectivity index (χ3v) is 10.5. The summed E-state index contributed by atoms with van der Waals surface area (Å²) in [6, 6.07) is 9.82. The van der Waals surface area contributed by atoms with Crippen molar-refractivity contribution in [1.29, 1.82) is 0 Å². The first kappa shape index (κ1) is 33.4. The maximum atomic E-state index is 12.4. The predicted molar refractivity (Wildman–Crippen MR) is 195 cm³/mol. The van der Waals surface area contributed by atoms with Crippen LogP contribution < -0.4 is 25.4 Å². The van der Waals surface area contributed by atoms with Gasteiger partial charge in [-0.25, -0.2) is 5.43 Å². The lowest BCUT2D eigenvalue weighted by molar-refractivity contribution is -0.384. The molecule has 0 atom stereocenters. The molecule has 0 unspecified atom stereocenters. The van der Waals surface area contributed by atoms with Gasteiger partial charge in [-0.2, -0.15) is 20.1 Å². The van der Waals surface area contributed by atoms with Gasteiger partial charge in [0.05, 0.1) is 11.1 Å². The second-order valence-electron chi connectivity index (χ2n) is 14.2. The van der Waals surface area contributed by atoms with E-state index in [2.05, 4.69) is 76.2 Å². The van der Waals surface area contributed by atoms with E-state index in [9.17, 15) is 10.1 Å². The van der Waals surface area contributed by atoms with Gasteiger partial charge in [0.15, 0.2) is 0 Å². The highest BCUT2D eigenvalue weighted by atomic mass is 16.6. The molecule has 6 rings (SSSR count). The third-order valence-electron chi connectivity index (χ3n) is 10.5. The van der Waals surface area contributed by atoms with E-state index in [1.165, 1.54) is 5.56 Å². The van der Waals surface area contributed by atoms with Crippen LogP contribution in [-0.4, -0.2) is 65.4 Å². The molecule has 2 N–H and O–H groups in total. The molecule has 3 fully saturated rings. The summed E-state index contributed by atoms with van der Waals surface area (Å²) in [7, 11) is 0. The number of nitrogens with zero attached hydrogens (tertiary/aromatic N) is 8. The van der Waals surface area contributed by atoms with Crippen LogP contribution in [0.25, 0.3) is 0 Å². The van der Waals surface area contributed by atoms with Gasteiger partial charge in [0.2, 0.25) is 17.8 Å². The van der Waals surface area contributed by atoms with Crippen molar-refractivity contribution >= 4 is 46.8 Å². The number of piperidine rings is 3. The van der Waals surface area contributed by atoms with E-state index in [-0.39, 0.29) is 10.6 Å². The van der Waals surface area contributed by atoms with E-state index < -0.39 is 0 Å². The standard InChI is InChI=1S/C36H50N10O2/c1-24-9-15-43(16-10-24)31-22-32(44-17-11-25(2)12-18-44)33(46(47)48)21-29(31)23-37-42-35-39-34(38-30-8-6-7-27(4)28(30)5)40-36(41-35)45-19-13-26(3)14-20-45/h6-8,21-26H,9-20H2,1-5H3,(H2,38,39,40,41,42)/b37-23-. The molecule has 12 heteroatoms. The van der Waals surface area contributed by atoms with Crippen molar-refractivity contribution in [3.05, 3.63) is 57.1 Å². The summed E-state index contributed by atoms with van der Waals surface area (Å²) in [5, 5.41) is 20.4. The first-order chi connectivity index (χ1) is 23.1. The minimum Gasteiger partial charge on any atom is -0.371 e. The molecule has 0 bridgehead atoms. The van der Waals surface area contributed by atoms with Gasteiger partial charge in [-0.15, -0.1) is 0 Å². The molecular formula is C36H50N10O2. The zero-order valence-electron chi connectivity index (χ0n) is 29.1. The minimum atomic E-state index is -0.261. The summed E-state index contributed by atoms with van der Waals surface area (Å²) in [4.78, 5) is 33.1. The van der Waals surface area contributed by atoms with Crippen LogP contribution in [0.4, 0.5) is 40.6 Å². The van der Waals surface area contributed by atoms with Crippen molar-refractivity contribution in [3.63, 3.8) is 0 Å². The Labute approximate surface area is 284 Å². The third kappa shape index (κ3) is 7.79. The molecule has 3 aromatic rings. The zero-order valence-corrected chi connectivity index (χ0v) is 29.1. The van der Waals surface area contributed by atoms with E-state index >= 15 is 0 Å². The number of hydrogen-bond donors (Lipinski definition) is 2. The average Bonchev–Trinajstić information content (AvgIpc) is 3.08. The maximum absolute atomic E-state index is 12.4.